The van der Waals surface area contributed by atoms with Gasteiger partial charge < -0.3 is 20.2 Å². The quantitative estimate of drug-likeness (QED) is 0.324. The third kappa shape index (κ3) is 6.24. The largest absolute Gasteiger partial charge is 0.381 e. The lowest BCUT2D eigenvalue weighted by molar-refractivity contribution is 0.124. The topological polar surface area (TPSA) is 94.3 Å². The molecule has 1 heterocycles. The van der Waals surface area contributed by atoms with Gasteiger partial charge in [0.25, 0.3) is 0 Å². The summed E-state index contributed by atoms with van der Waals surface area (Å²) in [4.78, 5) is 8.63. The summed E-state index contributed by atoms with van der Waals surface area (Å²) in [6.07, 6.45) is 3.61. The molecule has 0 aromatic carbocycles. The Labute approximate surface area is 125 Å². The third-order valence-corrected chi connectivity index (χ3v) is 3.18. The maximum absolute atomic E-state index is 5.59. The Kier molecular flexibility index (Phi) is 6.65. The summed E-state index contributed by atoms with van der Waals surface area (Å²) in [7, 11) is 0. The molecule has 7 heteroatoms. The van der Waals surface area contributed by atoms with E-state index in [9.17, 15) is 0 Å². The zero-order valence-corrected chi connectivity index (χ0v) is 12.6. The SMILES string of the molecule is CCOCc1nc(NN)cc(NCCCOCC2CC2)n1. The molecule has 0 saturated heterocycles. The van der Waals surface area contributed by atoms with Crippen LogP contribution in [-0.4, -0.2) is 36.3 Å². The fourth-order valence-corrected chi connectivity index (χ4v) is 1.84. The second-order valence-corrected chi connectivity index (χ2v) is 5.13. The van der Waals surface area contributed by atoms with Crippen molar-refractivity contribution in [3.63, 3.8) is 0 Å². The van der Waals surface area contributed by atoms with Crippen molar-refractivity contribution in [2.24, 2.45) is 11.8 Å². The predicted octanol–water partition coefficient (Wildman–Crippen LogP) is 1.53. The summed E-state index contributed by atoms with van der Waals surface area (Å²) in [5.41, 5.74) is 2.54. The maximum atomic E-state index is 5.59. The van der Waals surface area contributed by atoms with Crippen molar-refractivity contribution in [1.29, 1.82) is 0 Å². The van der Waals surface area contributed by atoms with Crippen LogP contribution in [0.2, 0.25) is 0 Å². The smallest absolute Gasteiger partial charge is 0.158 e. The zero-order valence-electron chi connectivity index (χ0n) is 12.6. The molecule has 0 aliphatic heterocycles. The second-order valence-electron chi connectivity index (χ2n) is 5.13. The lowest BCUT2D eigenvalue weighted by Gasteiger charge is -2.10. The minimum atomic E-state index is 0.380. The number of hydrazine groups is 1. The number of nitrogens with zero attached hydrogens (tertiary/aromatic N) is 2. The molecule has 1 aromatic rings. The predicted molar refractivity (Wildman–Crippen MR) is 81.8 cm³/mol. The molecule has 0 amide bonds. The average Bonchev–Trinajstić information content (AvgIpc) is 3.32. The van der Waals surface area contributed by atoms with Crippen LogP contribution in [0.5, 0.6) is 0 Å². The first-order valence-electron chi connectivity index (χ1n) is 7.55. The number of aromatic nitrogens is 2. The van der Waals surface area contributed by atoms with E-state index in [4.69, 9.17) is 15.3 Å². The fourth-order valence-electron chi connectivity index (χ4n) is 1.84. The zero-order chi connectivity index (χ0) is 14.9. The Balaban J connectivity index is 1.71. The first-order chi connectivity index (χ1) is 10.3. The summed E-state index contributed by atoms with van der Waals surface area (Å²) in [5, 5.41) is 3.26. The van der Waals surface area contributed by atoms with Crippen LogP contribution < -0.4 is 16.6 Å². The molecule has 4 N–H and O–H groups in total. The Bertz CT molecular complexity index is 426. The first kappa shape index (κ1) is 15.9. The van der Waals surface area contributed by atoms with Gasteiger partial charge in [0.15, 0.2) is 5.82 Å². The van der Waals surface area contributed by atoms with Crippen LogP contribution >= 0.6 is 0 Å². The van der Waals surface area contributed by atoms with Gasteiger partial charge in [-0.05, 0) is 32.1 Å². The number of hydrogen-bond donors (Lipinski definition) is 3. The Morgan fingerprint density at radius 3 is 2.81 bits per heavy atom. The van der Waals surface area contributed by atoms with Gasteiger partial charge in [0.2, 0.25) is 0 Å². The molecule has 1 aromatic heterocycles. The van der Waals surface area contributed by atoms with Crippen molar-refractivity contribution in [1.82, 2.24) is 9.97 Å². The van der Waals surface area contributed by atoms with Crippen molar-refractivity contribution in [2.75, 3.05) is 37.1 Å². The van der Waals surface area contributed by atoms with E-state index in [1.165, 1.54) is 12.8 Å². The molecule has 1 saturated carbocycles. The maximum Gasteiger partial charge on any atom is 0.158 e. The molecule has 21 heavy (non-hydrogen) atoms. The van der Waals surface area contributed by atoms with Crippen LogP contribution in [0.15, 0.2) is 6.07 Å². The van der Waals surface area contributed by atoms with Crippen LogP contribution in [0.25, 0.3) is 0 Å². The number of ether oxygens (including phenoxy) is 2. The van der Waals surface area contributed by atoms with Crippen LogP contribution in [0.1, 0.15) is 32.0 Å². The lowest BCUT2D eigenvalue weighted by atomic mass is 10.4. The van der Waals surface area contributed by atoms with E-state index >= 15 is 0 Å². The summed E-state index contributed by atoms with van der Waals surface area (Å²) in [5.74, 6) is 8.17. The highest BCUT2D eigenvalue weighted by Crippen LogP contribution is 2.28. The molecule has 0 spiro atoms. The van der Waals surface area contributed by atoms with Gasteiger partial charge >= 0.3 is 0 Å². The molecular weight excluding hydrogens is 270 g/mol. The molecule has 0 atom stereocenters. The molecule has 1 aliphatic carbocycles. The van der Waals surface area contributed by atoms with Gasteiger partial charge in [-0.2, -0.15) is 0 Å². The Morgan fingerprint density at radius 2 is 2.10 bits per heavy atom. The van der Waals surface area contributed by atoms with Gasteiger partial charge in [-0.15, -0.1) is 0 Å². The van der Waals surface area contributed by atoms with Crippen LogP contribution in [0.3, 0.4) is 0 Å². The van der Waals surface area contributed by atoms with Gasteiger partial charge in [0.1, 0.15) is 18.2 Å². The summed E-state index contributed by atoms with van der Waals surface area (Å²) >= 11 is 0. The van der Waals surface area contributed by atoms with Crippen molar-refractivity contribution >= 4 is 11.6 Å². The van der Waals surface area contributed by atoms with Gasteiger partial charge in [-0.25, -0.2) is 15.8 Å². The molecule has 118 valence electrons. The van der Waals surface area contributed by atoms with Crippen molar-refractivity contribution in [2.45, 2.75) is 32.8 Å². The molecule has 0 unspecified atom stereocenters. The van der Waals surface area contributed by atoms with Crippen LogP contribution in [0, 0.1) is 5.92 Å². The van der Waals surface area contributed by atoms with Crippen LogP contribution in [0.4, 0.5) is 11.6 Å². The number of hydrogen-bond acceptors (Lipinski definition) is 7. The average molecular weight is 295 g/mol. The van der Waals surface area contributed by atoms with E-state index in [0.717, 1.165) is 37.9 Å². The third-order valence-electron chi connectivity index (χ3n) is 3.18. The molecule has 7 nitrogen and oxygen atoms in total. The Hall–Kier alpha value is -1.44. The summed E-state index contributed by atoms with van der Waals surface area (Å²) in [6, 6.07) is 1.78. The molecule has 1 aliphatic rings. The number of rotatable bonds is 11. The van der Waals surface area contributed by atoms with E-state index in [2.05, 4.69) is 20.7 Å². The molecule has 2 rings (SSSR count). The molecular formula is C14H25N5O2. The van der Waals surface area contributed by atoms with Gasteiger partial charge in [-0.3, -0.25) is 0 Å². The molecule has 0 radical (unpaired) electrons. The van der Waals surface area contributed by atoms with Gasteiger partial charge in [0.05, 0.1) is 0 Å². The van der Waals surface area contributed by atoms with E-state index in [1.807, 2.05) is 6.92 Å². The fraction of sp³-hybridized carbons (Fsp3) is 0.714. The number of nitrogens with one attached hydrogen (secondary N) is 2. The minimum absolute atomic E-state index is 0.380. The van der Waals surface area contributed by atoms with E-state index in [0.29, 0.717) is 24.9 Å². The van der Waals surface area contributed by atoms with Gasteiger partial charge in [-0.1, -0.05) is 0 Å². The van der Waals surface area contributed by atoms with E-state index < -0.39 is 0 Å². The molecule has 0 bridgehead atoms. The highest BCUT2D eigenvalue weighted by atomic mass is 16.5. The Morgan fingerprint density at radius 1 is 1.29 bits per heavy atom. The first-order valence-corrected chi connectivity index (χ1v) is 7.55. The number of nitrogens with two attached hydrogens (primary N) is 1. The molecule has 1 fully saturated rings. The summed E-state index contributed by atoms with van der Waals surface area (Å²) < 4.78 is 10.9. The highest BCUT2D eigenvalue weighted by Gasteiger charge is 2.20. The number of anilines is 2. The van der Waals surface area contributed by atoms with E-state index in [1.54, 1.807) is 6.07 Å². The van der Waals surface area contributed by atoms with Crippen molar-refractivity contribution in [3.8, 4) is 0 Å². The standard InChI is InChI=1S/C14H25N5O2/c1-2-20-10-14-17-12(8-13(18-14)19-15)16-6-3-7-21-9-11-4-5-11/h8,11H,2-7,9-10,15H2,1H3,(H2,16,17,18,19). The minimum Gasteiger partial charge on any atom is -0.381 e. The normalized spacial score (nSPS) is 14.2. The van der Waals surface area contributed by atoms with Crippen molar-refractivity contribution in [3.05, 3.63) is 11.9 Å². The second kappa shape index (κ2) is 8.76. The highest BCUT2D eigenvalue weighted by molar-refractivity contribution is 5.46. The lowest BCUT2D eigenvalue weighted by Crippen LogP contribution is -2.14. The monoisotopic (exact) mass is 295 g/mol. The van der Waals surface area contributed by atoms with Crippen molar-refractivity contribution < 1.29 is 9.47 Å². The number of nitrogen functional groups attached to an aromatic ring is 1. The van der Waals surface area contributed by atoms with Gasteiger partial charge in [0, 0.05) is 32.4 Å². The van der Waals surface area contributed by atoms with Crippen LogP contribution in [-0.2, 0) is 16.1 Å². The van der Waals surface area contributed by atoms with E-state index in [-0.39, 0.29) is 0 Å². The summed E-state index contributed by atoms with van der Waals surface area (Å²) in [6.45, 7) is 5.44.